The van der Waals surface area contributed by atoms with E-state index in [0.717, 1.165) is 57.4 Å². The Labute approximate surface area is 225 Å². The lowest BCUT2D eigenvalue weighted by Gasteiger charge is -2.20. The second-order valence-electron chi connectivity index (χ2n) is 8.85. The molecule has 7 nitrogen and oxygen atoms in total. The van der Waals surface area contributed by atoms with Crippen molar-refractivity contribution in [3.05, 3.63) is 77.5 Å². The summed E-state index contributed by atoms with van der Waals surface area (Å²) in [7, 11) is 3.25. The number of hydrogen-bond donors (Lipinski definition) is 0. The van der Waals surface area contributed by atoms with E-state index < -0.39 is 0 Å². The number of carbonyl (C=O) groups excluding carboxylic acids is 1. The lowest BCUT2D eigenvalue weighted by atomic mass is 9.90. The maximum absolute atomic E-state index is 13.2. The highest BCUT2D eigenvalue weighted by atomic mass is 79.9. The fraction of sp³-hybridized carbons (Fsp3) is 0.241. The minimum Gasteiger partial charge on any atom is -1.00 e. The molecular weight excluding hydrogens is 538 g/mol. The second kappa shape index (κ2) is 10.3. The number of benzene rings is 3. The van der Waals surface area contributed by atoms with Gasteiger partial charge in [0.25, 0.3) is 0 Å². The van der Waals surface area contributed by atoms with Crippen molar-refractivity contribution >= 4 is 16.7 Å². The number of halogens is 1. The standard InChI is InChI=1S/C29H26NO6.BrH/c1-32-24-9-8-20-22(14-27(31)34-16-18-6-4-3-5-7-18)28-21-13-26-25(35-17-36-26)12-19(21)10-11-30(28)15-23(20)29(24)33-2;/h3-9,12-13,15H,10-11,14,16-17H2,1-2H3;1H/q+1;/p-1. The molecule has 37 heavy (non-hydrogen) atoms. The van der Waals surface area contributed by atoms with Crippen molar-refractivity contribution in [3.8, 4) is 34.3 Å². The van der Waals surface area contributed by atoms with Gasteiger partial charge in [-0.2, -0.15) is 4.57 Å². The van der Waals surface area contributed by atoms with Gasteiger partial charge in [-0.15, -0.1) is 0 Å². The quantitative estimate of drug-likeness (QED) is 0.261. The molecule has 4 aromatic rings. The van der Waals surface area contributed by atoms with E-state index in [4.69, 9.17) is 23.7 Å². The number of fused-ring (bicyclic) bond motifs is 5. The first kappa shape index (κ1) is 24.9. The van der Waals surface area contributed by atoms with Gasteiger partial charge < -0.3 is 40.7 Å². The van der Waals surface area contributed by atoms with Crippen molar-refractivity contribution in [1.29, 1.82) is 0 Å². The molecule has 0 saturated heterocycles. The summed E-state index contributed by atoms with van der Waals surface area (Å²) < 4.78 is 30.5. The van der Waals surface area contributed by atoms with Crippen LogP contribution in [-0.2, 0) is 35.5 Å². The fourth-order valence-electron chi connectivity index (χ4n) is 5.12. The molecule has 0 amide bonds. The largest absolute Gasteiger partial charge is 1.00 e. The van der Waals surface area contributed by atoms with Crippen LogP contribution in [0.3, 0.4) is 0 Å². The topological polar surface area (TPSA) is 67.1 Å². The molecule has 3 aromatic carbocycles. The third-order valence-corrected chi connectivity index (χ3v) is 6.81. The van der Waals surface area contributed by atoms with E-state index in [9.17, 15) is 4.79 Å². The molecule has 2 aliphatic rings. The smallest absolute Gasteiger partial charge is 0.310 e. The molecule has 1 aromatic heterocycles. The zero-order chi connectivity index (χ0) is 24.6. The van der Waals surface area contributed by atoms with Gasteiger partial charge in [-0.1, -0.05) is 30.3 Å². The minimum atomic E-state index is -0.295. The van der Waals surface area contributed by atoms with Gasteiger partial charge >= 0.3 is 5.97 Å². The second-order valence-corrected chi connectivity index (χ2v) is 8.85. The molecule has 0 aliphatic carbocycles. The van der Waals surface area contributed by atoms with Crippen LogP contribution in [0.1, 0.15) is 16.7 Å². The summed E-state index contributed by atoms with van der Waals surface area (Å²) in [5.74, 6) is 2.46. The number of esters is 1. The van der Waals surface area contributed by atoms with Crippen molar-refractivity contribution < 1.29 is 50.0 Å². The molecule has 2 aliphatic heterocycles. The minimum absolute atomic E-state index is 0. The Morgan fingerprint density at radius 1 is 0.973 bits per heavy atom. The van der Waals surface area contributed by atoms with Gasteiger partial charge in [-0.05, 0) is 35.4 Å². The van der Waals surface area contributed by atoms with Gasteiger partial charge in [0.05, 0.1) is 31.6 Å². The van der Waals surface area contributed by atoms with Crippen LogP contribution in [0.4, 0.5) is 0 Å². The third kappa shape index (κ3) is 4.46. The van der Waals surface area contributed by atoms with Gasteiger partial charge in [-0.25, -0.2) is 0 Å². The zero-order valence-electron chi connectivity index (χ0n) is 20.6. The van der Waals surface area contributed by atoms with Crippen LogP contribution in [0.5, 0.6) is 23.0 Å². The Morgan fingerprint density at radius 3 is 2.51 bits per heavy atom. The molecule has 0 bridgehead atoms. The summed E-state index contributed by atoms with van der Waals surface area (Å²) in [6, 6.07) is 17.6. The van der Waals surface area contributed by atoms with E-state index in [1.807, 2.05) is 48.5 Å². The number of rotatable bonds is 6. The summed E-state index contributed by atoms with van der Waals surface area (Å²) in [6.45, 7) is 1.20. The fourth-order valence-corrected chi connectivity index (χ4v) is 5.12. The van der Waals surface area contributed by atoms with Crippen molar-refractivity contribution in [2.75, 3.05) is 21.0 Å². The maximum Gasteiger partial charge on any atom is 0.310 e. The summed E-state index contributed by atoms with van der Waals surface area (Å²) in [5.41, 5.74) is 5.01. The normalized spacial score (nSPS) is 12.8. The molecule has 0 saturated carbocycles. The van der Waals surface area contributed by atoms with Crippen LogP contribution in [0, 0.1) is 0 Å². The third-order valence-electron chi connectivity index (χ3n) is 6.81. The molecule has 0 unspecified atom stereocenters. The molecule has 0 N–H and O–H groups in total. The van der Waals surface area contributed by atoms with E-state index in [0.29, 0.717) is 17.2 Å². The SMILES string of the molecule is COc1ccc2c(CC(=O)OCc3ccccc3)c3[n+](cc2c1OC)CCc1cc2c(cc1-3)OCO2.[Br-]. The monoisotopic (exact) mass is 563 g/mol. The van der Waals surface area contributed by atoms with E-state index in [-0.39, 0.29) is 42.8 Å². The van der Waals surface area contributed by atoms with Gasteiger partial charge in [0, 0.05) is 17.4 Å². The summed E-state index contributed by atoms with van der Waals surface area (Å²) >= 11 is 0. The predicted molar refractivity (Wildman–Crippen MR) is 132 cm³/mol. The zero-order valence-corrected chi connectivity index (χ0v) is 22.2. The van der Waals surface area contributed by atoms with Crippen molar-refractivity contribution in [2.24, 2.45) is 0 Å². The average Bonchev–Trinajstić information content (AvgIpc) is 3.37. The Bertz CT molecular complexity index is 1490. The molecule has 0 atom stereocenters. The highest BCUT2D eigenvalue weighted by Gasteiger charge is 2.33. The van der Waals surface area contributed by atoms with E-state index in [1.54, 1.807) is 14.2 Å². The summed E-state index contributed by atoms with van der Waals surface area (Å²) in [4.78, 5) is 13.2. The average molecular weight is 564 g/mol. The van der Waals surface area contributed by atoms with Crippen LogP contribution in [0.25, 0.3) is 22.0 Å². The number of pyridine rings is 1. The van der Waals surface area contributed by atoms with Crippen molar-refractivity contribution in [2.45, 2.75) is 26.0 Å². The number of ether oxygens (including phenoxy) is 5. The lowest BCUT2D eigenvalue weighted by Crippen LogP contribution is -3.00. The Morgan fingerprint density at radius 2 is 1.76 bits per heavy atom. The lowest BCUT2D eigenvalue weighted by molar-refractivity contribution is -0.686. The predicted octanol–water partition coefficient (Wildman–Crippen LogP) is 1.39. The van der Waals surface area contributed by atoms with Gasteiger partial charge in [0.1, 0.15) is 6.61 Å². The number of aromatic nitrogens is 1. The first-order valence-electron chi connectivity index (χ1n) is 11.9. The molecule has 0 fully saturated rings. The van der Waals surface area contributed by atoms with Crippen LogP contribution >= 0.6 is 0 Å². The van der Waals surface area contributed by atoms with Crippen molar-refractivity contribution in [3.63, 3.8) is 0 Å². The number of nitrogens with zero attached hydrogens (tertiary/aromatic N) is 1. The van der Waals surface area contributed by atoms with Crippen molar-refractivity contribution in [1.82, 2.24) is 0 Å². The van der Waals surface area contributed by atoms with Crippen LogP contribution in [-0.4, -0.2) is 27.0 Å². The highest BCUT2D eigenvalue weighted by Crippen LogP contribution is 2.43. The number of carbonyl (C=O) groups is 1. The molecule has 8 heteroatoms. The van der Waals surface area contributed by atoms with Gasteiger partial charge in [0.15, 0.2) is 35.7 Å². The van der Waals surface area contributed by atoms with Gasteiger partial charge in [0.2, 0.25) is 12.5 Å². The van der Waals surface area contributed by atoms with Crippen LogP contribution in [0.2, 0.25) is 0 Å². The molecule has 3 heterocycles. The van der Waals surface area contributed by atoms with E-state index >= 15 is 0 Å². The molecule has 6 rings (SSSR count). The van der Waals surface area contributed by atoms with E-state index in [1.165, 1.54) is 0 Å². The highest BCUT2D eigenvalue weighted by molar-refractivity contribution is 5.97. The van der Waals surface area contributed by atoms with Crippen LogP contribution in [0.15, 0.2) is 60.8 Å². The number of methoxy groups -OCH3 is 2. The first-order chi connectivity index (χ1) is 17.7. The molecule has 0 spiro atoms. The summed E-state index contributed by atoms with van der Waals surface area (Å²) in [5, 5.41) is 1.80. The number of hydrogen-bond acceptors (Lipinski definition) is 6. The Hall–Kier alpha value is -3.78. The number of aryl methyl sites for hydroxylation is 2. The van der Waals surface area contributed by atoms with Gasteiger partial charge in [-0.3, -0.25) is 4.79 Å². The van der Waals surface area contributed by atoms with Crippen LogP contribution < -0.4 is 40.5 Å². The molecule has 0 radical (unpaired) electrons. The molecule has 190 valence electrons. The maximum atomic E-state index is 13.2. The summed E-state index contributed by atoms with van der Waals surface area (Å²) in [6.07, 6.45) is 3.03. The Kier molecular flexibility index (Phi) is 6.93. The first-order valence-corrected chi connectivity index (χ1v) is 11.9. The Balaban J connectivity index is 0.00000280. The molecular formula is C29H26BrNO6. The van der Waals surface area contributed by atoms with E-state index in [2.05, 4.69) is 16.8 Å².